The highest BCUT2D eigenvalue weighted by molar-refractivity contribution is 9.26. The molecule has 1 nitrogen and oxygen atoms in total. The zero-order valence-corrected chi connectivity index (χ0v) is 9.49. The van der Waals surface area contributed by atoms with Crippen LogP contribution in [-0.4, -0.2) is 25.2 Å². The van der Waals surface area contributed by atoms with Crippen molar-refractivity contribution in [3.8, 4) is 0 Å². The Kier molecular flexibility index (Phi) is 3.47. The zero-order chi connectivity index (χ0) is 7.65. The van der Waals surface area contributed by atoms with Crippen molar-refractivity contribution < 1.29 is 0 Å². The highest BCUT2D eigenvalue weighted by Crippen LogP contribution is 2.15. The Labute approximate surface area is 67.6 Å². The Morgan fingerprint density at radius 1 is 1.33 bits per heavy atom. The van der Waals surface area contributed by atoms with Crippen molar-refractivity contribution in [2.45, 2.75) is 26.7 Å². The fourth-order valence-electron chi connectivity index (χ4n) is 0.614. The van der Waals surface area contributed by atoms with Crippen LogP contribution in [0.15, 0.2) is 0 Å². The number of halogens is 1. The van der Waals surface area contributed by atoms with Gasteiger partial charge in [-0.05, 0) is 20.1 Å². The van der Waals surface area contributed by atoms with Crippen molar-refractivity contribution in [1.82, 2.24) is 4.48 Å². The molecule has 0 N–H and O–H groups in total. The van der Waals surface area contributed by atoms with Crippen LogP contribution in [0.25, 0.3) is 0 Å². The van der Waals surface area contributed by atoms with Gasteiger partial charge in [0, 0.05) is 0 Å². The summed E-state index contributed by atoms with van der Waals surface area (Å²) < 4.78 is 2.41. The van der Waals surface area contributed by atoms with Crippen LogP contribution in [0.2, 0.25) is 26.7 Å². The molecule has 0 heterocycles. The third-order valence-electron chi connectivity index (χ3n) is 1.61. The predicted molar refractivity (Wildman–Crippen MR) is 51.7 cm³/mol. The molecule has 0 aliphatic carbocycles. The quantitative estimate of drug-likeness (QED) is 0.496. The summed E-state index contributed by atoms with van der Waals surface area (Å²) in [5, 5.41) is 0. The Morgan fingerprint density at radius 2 is 1.67 bits per heavy atom. The number of hydrogen-bond donors (Lipinski definition) is 0. The topological polar surface area (TPSA) is 3.24 Å². The Bertz CT molecular complexity index is 91.4. The van der Waals surface area contributed by atoms with E-state index in [2.05, 4.69) is 53.6 Å². The second kappa shape index (κ2) is 3.21. The first kappa shape index (κ1) is 9.72. The van der Waals surface area contributed by atoms with Crippen LogP contribution in [0.5, 0.6) is 0 Å². The van der Waals surface area contributed by atoms with E-state index in [1.165, 1.54) is 0 Å². The minimum atomic E-state index is -1.18. The summed E-state index contributed by atoms with van der Waals surface area (Å²) in [7, 11) is 2.17. The van der Waals surface area contributed by atoms with E-state index in [4.69, 9.17) is 0 Å². The second-order valence-corrected chi connectivity index (χ2v) is 12.5. The van der Waals surface area contributed by atoms with Gasteiger partial charge in [-0.3, -0.25) is 0 Å². The molecule has 0 spiro atoms. The summed E-state index contributed by atoms with van der Waals surface area (Å²) in [5.74, 6) is 0. The molecular formula is C5H15BBrNSi. The fraction of sp³-hybridized carbons (Fsp3) is 1.00. The molecule has 0 aromatic rings. The summed E-state index contributed by atoms with van der Waals surface area (Å²) in [4.78, 5) is 0. The molecule has 4 heteroatoms. The molecule has 0 aliphatic rings. The van der Waals surface area contributed by atoms with E-state index >= 15 is 0 Å². The molecule has 0 radical (unpaired) electrons. The van der Waals surface area contributed by atoms with E-state index in [1.807, 2.05) is 0 Å². The Hall–Kier alpha value is 0.722. The molecule has 0 fully saturated rings. The van der Waals surface area contributed by atoms with Gasteiger partial charge in [-0.15, -0.1) is 15.3 Å². The summed E-state index contributed by atoms with van der Waals surface area (Å²) in [6.45, 7) is 8.49. The van der Waals surface area contributed by atoms with Gasteiger partial charge in [0.15, 0.2) is 6.85 Å². The Morgan fingerprint density at radius 3 is 1.67 bits per heavy atom. The molecule has 0 saturated heterocycles. The number of hydrogen-bond acceptors (Lipinski definition) is 1. The minimum Gasteiger partial charge on any atom is -0.359 e. The van der Waals surface area contributed by atoms with Crippen molar-refractivity contribution >= 4 is 29.0 Å². The van der Waals surface area contributed by atoms with E-state index in [1.54, 1.807) is 0 Å². The smallest absolute Gasteiger partial charge is 0.210 e. The first-order valence-electron chi connectivity index (χ1n) is 3.27. The van der Waals surface area contributed by atoms with E-state index in [0.717, 1.165) is 0 Å². The van der Waals surface area contributed by atoms with Crippen LogP contribution in [0.4, 0.5) is 0 Å². The van der Waals surface area contributed by atoms with Gasteiger partial charge < -0.3 is 4.48 Å². The largest absolute Gasteiger partial charge is 0.359 e. The van der Waals surface area contributed by atoms with Crippen LogP contribution in [-0.2, 0) is 0 Å². The second-order valence-electron chi connectivity index (χ2n) is 3.11. The van der Waals surface area contributed by atoms with Crippen LogP contribution in [0.3, 0.4) is 0 Å². The highest BCUT2D eigenvalue weighted by Gasteiger charge is 2.25. The zero-order valence-electron chi connectivity index (χ0n) is 6.90. The first-order chi connectivity index (χ1) is 3.85. The van der Waals surface area contributed by atoms with Crippen LogP contribution in [0, 0.1) is 0 Å². The fourth-order valence-corrected chi connectivity index (χ4v) is 3.07. The molecule has 0 bridgehead atoms. The van der Waals surface area contributed by atoms with Gasteiger partial charge in [0.05, 0.1) is 0 Å². The average Bonchev–Trinajstić information content (AvgIpc) is 1.62. The summed E-state index contributed by atoms with van der Waals surface area (Å²) in [6.07, 6.45) is 0. The predicted octanol–water partition coefficient (Wildman–Crippen LogP) is 2.27. The maximum absolute atomic E-state index is 3.71. The SMILES string of the molecule is CB(C)N(C)[Si](C)(C)Br. The number of rotatable bonds is 2. The van der Waals surface area contributed by atoms with Gasteiger partial charge in [-0.25, -0.2) is 0 Å². The molecule has 0 unspecified atom stereocenters. The van der Waals surface area contributed by atoms with E-state index in [0.29, 0.717) is 6.85 Å². The van der Waals surface area contributed by atoms with Crippen molar-refractivity contribution in [1.29, 1.82) is 0 Å². The molecule has 0 aromatic carbocycles. The van der Waals surface area contributed by atoms with Gasteiger partial charge in [0.1, 0.15) is 0 Å². The van der Waals surface area contributed by atoms with Gasteiger partial charge in [-0.1, -0.05) is 13.6 Å². The van der Waals surface area contributed by atoms with Crippen molar-refractivity contribution in [2.24, 2.45) is 0 Å². The molecule has 0 amide bonds. The first-order valence-corrected chi connectivity index (χ1v) is 8.48. The third kappa shape index (κ3) is 3.43. The van der Waals surface area contributed by atoms with Crippen molar-refractivity contribution in [3.63, 3.8) is 0 Å². The standard InChI is InChI=1S/C5H15BBrNSi/c1-6(2)8(3)9(4,5)7/h1-5H3. The molecular weight excluding hydrogens is 193 g/mol. The van der Waals surface area contributed by atoms with Gasteiger partial charge in [0.2, 0.25) is 6.85 Å². The van der Waals surface area contributed by atoms with Crippen molar-refractivity contribution in [3.05, 3.63) is 0 Å². The summed E-state index contributed by atoms with van der Waals surface area (Å²) in [5.41, 5.74) is 0. The molecule has 0 aromatic heterocycles. The molecule has 9 heavy (non-hydrogen) atoms. The maximum Gasteiger partial charge on any atom is 0.210 e. The van der Waals surface area contributed by atoms with Gasteiger partial charge >= 0.3 is 0 Å². The summed E-state index contributed by atoms with van der Waals surface area (Å²) >= 11 is 3.71. The number of nitrogens with zero attached hydrogens (tertiary/aromatic N) is 1. The molecule has 0 atom stereocenters. The average molecular weight is 208 g/mol. The van der Waals surface area contributed by atoms with E-state index in [9.17, 15) is 0 Å². The monoisotopic (exact) mass is 207 g/mol. The third-order valence-corrected chi connectivity index (χ3v) is 5.49. The van der Waals surface area contributed by atoms with Gasteiger partial charge in [0.25, 0.3) is 0 Å². The van der Waals surface area contributed by atoms with E-state index in [-0.39, 0.29) is 0 Å². The molecule has 0 aliphatic heterocycles. The molecule has 54 valence electrons. The maximum atomic E-state index is 3.71. The summed E-state index contributed by atoms with van der Waals surface area (Å²) in [6, 6.07) is 0. The lowest BCUT2D eigenvalue weighted by Crippen LogP contribution is -2.47. The minimum absolute atomic E-state index is 0.658. The Balaban J connectivity index is 3.88. The highest BCUT2D eigenvalue weighted by atomic mass is 79.9. The normalized spacial score (nSPS) is 12.3. The molecule has 0 saturated carbocycles. The van der Waals surface area contributed by atoms with Crippen molar-refractivity contribution in [2.75, 3.05) is 7.05 Å². The van der Waals surface area contributed by atoms with Crippen LogP contribution < -0.4 is 0 Å². The lowest BCUT2D eigenvalue weighted by Gasteiger charge is -2.30. The molecule has 0 rings (SSSR count). The van der Waals surface area contributed by atoms with E-state index < -0.39 is 6.85 Å². The lowest BCUT2D eigenvalue weighted by molar-refractivity contribution is 0.805. The van der Waals surface area contributed by atoms with Crippen LogP contribution in [0.1, 0.15) is 0 Å². The van der Waals surface area contributed by atoms with Gasteiger partial charge in [-0.2, -0.15) is 0 Å². The lowest BCUT2D eigenvalue weighted by atomic mass is 9.69. The van der Waals surface area contributed by atoms with Crippen LogP contribution >= 0.6 is 15.3 Å².